The summed E-state index contributed by atoms with van der Waals surface area (Å²) < 4.78 is 10.8. The topological polar surface area (TPSA) is 76.0 Å². The second-order valence-corrected chi connectivity index (χ2v) is 7.10. The largest absolute Gasteiger partial charge is 0.497 e. The number of hydrogen-bond donors (Lipinski definition) is 2. The molecule has 0 spiro atoms. The normalized spacial score (nSPS) is 13.2. The van der Waals surface area contributed by atoms with Gasteiger partial charge in [0.05, 0.1) is 32.3 Å². The SMILES string of the molecule is COc1ccc2cc([C@@H](CCC(O)COCc3ccccc3)C(=O)O)ccc2c1. The molecule has 2 atom stereocenters. The number of aliphatic hydroxyl groups is 1. The lowest BCUT2D eigenvalue weighted by Crippen LogP contribution is -2.19. The summed E-state index contributed by atoms with van der Waals surface area (Å²) >= 11 is 0. The Morgan fingerprint density at radius 3 is 2.41 bits per heavy atom. The molecule has 2 N–H and O–H groups in total. The van der Waals surface area contributed by atoms with E-state index >= 15 is 0 Å². The third-order valence-corrected chi connectivity index (χ3v) is 4.98. The summed E-state index contributed by atoms with van der Waals surface area (Å²) in [6.45, 7) is 0.604. The standard InChI is InChI=1S/C24H26O5/c1-28-22-11-9-18-13-20(8-7-19(18)14-22)23(24(26)27)12-10-21(25)16-29-15-17-5-3-2-4-6-17/h2-9,11,13-14,21,23,25H,10,12,15-16H2,1H3,(H,26,27)/t21?,23-/m1/s1. The molecule has 5 heteroatoms. The zero-order valence-electron chi connectivity index (χ0n) is 16.5. The van der Waals surface area contributed by atoms with Gasteiger partial charge in [-0.2, -0.15) is 0 Å². The number of aliphatic carboxylic acids is 1. The molecule has 0 bridgehead atoms. The summed E-state index contributed by atoms with van der Waals surface area (Å²) in [4.78, 5) is 11.8. The minimum absolute atomic E-state index is 0.179. The van der Waals surface area contributed by atoms with Crippen LogP contribution in [0.2, 0.25) is 0 Å². The maximum absolute atomic E-state index is 11.8. The Hall–Kier alpha value is -2.89. The molecule has 3 rings (SSSR count). The number of aliphatic hydroxyl groups excluding tert-OH is 1. The van der Waals surface area contributed by atoms with Crippen LogP contribution < -0.4 is 4.74 Å². The fraction of sp³-hybridized carbons (Fsp3) is 0.292. The number of methoxy groups -OCH3 is 1. The first-order valence-corrected chi connectivity index (χ1v) is 9.67. The number of carboxylic acid groups (broad SMARTS) is 1. The minimum atomic E-state index is -0.893. The third kappa shape index (κ3) is 5.79. The van der Waals surface area contributed by atoms with E-state index < -0.39 is 18.0 Å². The molecule has 0 saturated carbocycles. The van der Waals surface area contributed by atoms with Gasteiger partial charge in [0.25, 0.3) is 0 Å². The molecule has 0 aliphatic carbocycles. The second kappa shape index (κ2) is 10.0. The predicted molar refractivity (Wildman–Crippen MR) is 112 cm³/mol. The van der Waals surface area contributed by atoms with Gasteiger partial charge >= 0.3 is 5.97 Å². The Kier molecular flexibility index (Phi) is 7.22. The summed E-state index contributed by atoms with van der Waals surface area (Å²) in [5, 5.41) is 21.8. The summed E-state index contributed by atoms with van der Waals surface area (Å²) in [6, 6.07) is 21.1. The molecule has 0 aliphatic heterocycles. The lowest BCUT2D eigenvalue weighted by molar-refractivity contribution is -0.139. The molecule has 3 aromatic carbocycles. The molecular formula is C24H26O5. The number of ether oxygens (including phenoxy) is 2. The van der Waals surface area contributed by atoms with Crippen molar-refractivity contribution in [3.63, 3.8) is 0 Å². The van der Waals surface area contributed by atoms with Crippen LogP contribution in [0.4, 0.5) is 0 Å². The maximum Gasteiger partial charge on any atom is 0.310 e. The van der Waals surface area contributed by atoms with E-state index in [1.807, 2.05) is 66.7 Å². The highest BCUT2D eigenvalue weighted by atomic mass is 16.5. The van der Waals surface area contributed by atoms with Crippen molar-refractivity contribution in [3.05, 3.63) is 77.9 Å². The Balaban J connectivity index is 1.58. The molecule has 0 radical (unpaired) electrons. The van der Waals surface area contributed by atoms with Gasteiger partial charge in [-0.3, -0.25) is 4.79 Å². The van der Waals surface area contributed by atoms with Gasteiger partial charge in [0.1, 0.15) is 5.75 Å². The maximum atomic E-state index is 11.8. The highest BCUT2D eigenvalue weighted by molar-refractivity contribution is 5.86. The zero-order valence-corrected chi connectivity index (χ0v) is 16.5. The molecule has 29 heavy (non-hydrogen) atoms. The van der Waals surface area contributed by atoms with Crippen LogP contribution in [0, 0.1) is 0 Å². The van der Waals surface area contributed by atoms with Crippen LogP contribution in [0.1, 0.15) is 29.9 Å². The molecule has 0 saturated heterocycles. The molecular weight excluding hydrogens is 368 g/mol. The number of hydrogen-bond acceptors (Lipinski definition) is 4. The first kappa shape index (κ1) is 20.8. The predicted octanol–water partition coefficient (Wildman–Crippen LogP) is 4.37. The second-order valence-electron chi connectivity index (χ2n) is 7.10. The van der Waals surface area contributed by atoms with E-state index in [0.29, 0.717) is 19.4 Å². The van der Waals surface area contributed by atoms with Crippen LogP contribution >= 0.6 is 0 Å². The number of fused-ring (bicyclic) bond motifs is 1. The van der Waals surface area contributed by atoms with E-state index in [1.165, 1.54) is 0 Å². The van der Waals surface area contributed by atoms with Crippen LogP contribution in [-0.4, -0.2) is 36.0 Å². The van der Waals surface area contributed by atoms with Crippen LogP contribution in [0.5, 0.6) is 5.75 Å². The van der Waals surface area contributed by atoms with E-state index in [4.69, 9.17) is 9.47 Å². The number of rotatable bonds is 10. The van der Waals surface area contributed by atoms with Gasteiger partial charge in [0.15, 0.2) is 0 Å². The average Bonchev–Trinajstić information content (AvgIpc) is 2.74. The van der Waals surface area contributed by atoms with E-state index in [9.17, 15) is 15.0 Å². The van der Waals surface area contributed by atoms with E-state index in [0.717, 1.165) is 27.6 Å². The first-order valence-electron chi connectivity index (χ1n) is 9.67. The molecule has 1 unspecified atom stereocenters. The molecule has 0 aliphatic rings. The van der Waals surface area contributed by atoms with Gasteiger partial charge in [-0.1, -0.05) is 54.6 Å². The van der Waals surface area contributed by atoms with Crippen molar-refractivity contribution < 1.29 is 24.5 Å². The fourth-order valence-electron chi connectivity index (χ4n) is 3.35. The Labute approximate surface area is 170 Å². The molecule has 0 heterocycles. The minimum Gasteiger partial charge on any atom is -0.497 e. The summed E-state index contributed by atoms with van der Waals surface area (Å²) in [6.07, 6.45) is -0.00973. The van der Waals surface area contributed by atoms with Gasteiger partial charge in [0.2, 0.25) is 0 Å². The lowest BCUT2D eigenvalue weighted by Gasteiger charge is -2.17. The summed E-state index contributed by atoms with van der Waals surface area (Å²) in [5.41, 5.74) is 1.77. The van der Waals surface area contributed by atoms with Crippen molar-refractivity contribution in [2.75, 3.05) is 13.7 Å². The van der Waals surface area contributed by atoms with Crippen molar-refractivity contribution in [1.82, 2.24) is 0 Å². The van der Waals surface area contributed by atoms with E-state index in [2.05, 4.69) is 0 Å². The third-order valence-electron chi connectivity index (χ3n) is 4.98. The molecule has 3 aromatic rings. The van der Waals surface area contributed by atoms with Crippen molar-refractivity contribution in [2.45, 2.75) is 31.5 Å². The Morgan fingerprint density at radius 2 is 1.69 bits per heavy atom. The van der Waals surface area contributed by atoms with Crippen molar-refractivity contribution in [2.24, 2.45) is 0 Å². The van der Waals surface area contributed by atoms with Crippen LogP contribution in [0.3, 0.4) is 0 Å². The van der Waals surface area contributed by atoms with Crippen LogP contribution in [0.15, 0.2) is 66.7 Å². The van der Waals surface area contributed by atoms with Crippen molar-refractivity contribution in [3.8, 4) is 5.75 Å². The van der Waals surface area contributed by atoms with E-state index in [1.54, 1.807) is 7.11 Å². The Bertz CT molecular complexity index is 938. The van der Waals surface area contributed by atoms with E-state index in [-0.39, 0.29) is 6.61 Å². The molecule has 0 aromatic heterocycles. The van der Waals surface area contributed by atoms with Crippen molar-refractivity contribution in [1.29, 1.82) is 0 Å². The average molecular weight is 394 g/mol. The molecule has 0 fully saturated rings. The quantitative estimate of drug-likeness (QED) is 0.534. The molecule has 0 amide bonds. The number of carboxylic acids is 1. The summed E-state index contributed by atoms with van der Waals surface area (Å²) in [7, 11) is 1.62. The Morgan fingerprint density at radius 1 is 0.966 bits per heavy atom. The highest BCUT2D eigenvalue weighted by Crippen LogP contribution is 2.28. The fourth-order valence-corrected chi connectivity index (χ4v) is 3.35. The smallest absolute Gasteiger partial charge is 0.310 e. The molecule has 152 valence electrons. The van der Waals surface area contributed by atoms with Gasteiger partial charge < -0.3 is 19.7 Å². The zero-order chi connectivity index (χ0) is 20.6. The summed E-state index contributed by atoms with van der Waals surface area (Å²) in [5.74, 6) is -0.806. The van der Waals surface area contributed by atoms with Gasteiger partial charge in [-0.15, -0.1) is 0 Å². The van der Waals surface area contributed by atoms with Gasteiger partial charge in [-0.25, -0.2) is 0 Å². The van der Waals surface area contributed by atoms with Crippen LogP contribution in [-0.2, 0) is 16.1 Å². The number of benzene rings is 3. The highest BCUT2D eigenvalue weighted by Gasteiger charge is 2.21. The lowest BCUT2D eigenvalue weighted by atomic mass is 9.91. The number of carbonyl (C=O) groups is 1. The van der Waals surface area contributed by atoms with Crippen LogP contribution in [0.25, 0.3) is 10.8 Å². The van der Waals surface area contributed by atoms with Crippen molar-refractivity contribution >= 4 is 16.7 Å². The van der Waals surface area contributed by atoms with Gasteiger partial charge in [-0.05, 0) is 46.9 Å². The first-order chi connectivity index (χ1) is 14.1. The molecule has 5 nitrogen and oxygen atoms in total. The monoisotopic (exact) mass is 394 g/mol. The van der Waals surface area contributed by atoms with Gasteiger partial charge in [0, 0.05) is 0 Å².